The molecule has 0 fully saturated rings. The predicted octanol–water partition coefficient (Wildman–Crippen LogP) is -5.31. The Morgan fingerprint density at radius 3 is 2.25 bits per heavy atom. The number of halogens is 1. The standard InChI is InChI=1S/C7H8O5S.ClH.K.H3N/c1-12-5-3-2-4-6(7(5)8)13(9,10)11;;;/h2-4,8H,1H3,(H,9,10,11);1H;;1H3/q;;+1;/p-1. The fourth-order valence-corrected chi connectivity index (χ4v) is 1.45. The summed E-state index contributed by atoms with van der Waals surface area (Å²) in [5.41, 5.74) is 0. The van der Waals surface area contributed by atoms with E-state index in [1.807, 2.05) is 0 Å². The van der Waals surface area contributed by atoms with Crippen LogP contribution in [0.2, 0.25) is 0 Å². The summed E-state index contributed by atoms with van der Waals surface area (Å²) < 4.78 is 36.3. The number of hydrogen-bond donors (Lipinski definition) is 2. The zero-order valence-corrected chi connectivity index (χ0v) is 13.8. The second-order valence-corrected chi connectivity index (χ2v) is 3.61. The van der Waals surface area contributed by atoms with Gasteiger partial charge in [-0.15, -0.1) is 0 Å². The quantitative estimate of drug-likeness (QED) is 0.417. The number of quaternary nitrogens is 1. The number of methoxy groups -OCH3 is 1. The Labute approximate surface area is 143 Å². The average Bonchev–Trinajstić information content (AvgIpc) is 2.02. The molecule has 0 aliphatic heterocycles. The van der Waals surface area contributed by atoms with Gasteiger partial charge in [0.2, 0.25) is 0 Å². The van der Waals surface area contributed by atoms with Crippen LogP contribution in [0.4, 0.5) is 0 Å². The summed E-state index contributed by atoms with van der Waals surface area (Å²) in [5, 5.41) is 9.22. The van der Waals surface area contributed by atoms with Crippen LogP contribution >= 0.6 is 0 Å². The van der Waals surface area contributed by atoms with Crippen molar-refractivity contribution in [2.24, 2.45) is 0 Å². The zero-order valence-electron chi connectivity index (χ0n) is 9.10. The van der Waals surface area contributed by atoms with Crippen molar-refractivity contribution in [2.45, 2.75) is 4.90 Å². The Bertz CT molecular complexity index is 425. The molecule has 0 atom stereocenters. The third-order valence-corrected chi connectivity index (χ3v) is 2.32. The first kappa shape index (κ1) is 21.9. The van der Waals surface area contributed by atoms with Crippen LogP contribution in [0.15, 0.2) is 23.1 Å². The van der Waals surface area contributed by atoms with Gasteiger partial charge in [0, 0.05) is 0 Å². The van der Waals surface area contributed by atoms with E-state index >= 15 is 0 Å². The van der Waals surface area contributed by atoms with Crippen molar-refractivity contribution in [1.82, 2.24) is 6.15 Å². The van der Waals surface area contributed by atoms with Gasteiger partial charge in [-0.2, -0.15) is 0 Å². The topological polar surface area (TPSA) is 123 Å². The molecule has 0 heterocycles. The molecule has 0 amide bonds. The van der Waals surface area contributed by atoms with E-state index in [0.29, 0.717) is 0 Å². The molecule has 1 aromatic carbocycles. The van der Waals surface area contributed by atoms with Crippen LogP contribution in [0.5, 0.6) is 11.5 Å². The molecule has 0 saturated carbocycles. The SMILES string of the molecule is COc1cccc(S(=O)(=O)[O-])c1O.[Cl-].[K+].[NH4+]. The zero-order chi connectivity index (χ0) is 10.1. The minimum Gasteiger partial charge on any atom is -1.00 e. The molecule has 6 nitrogen and oxygen atoms in total. The molecule has 0 spiro atoms. The number of phenols is 1. The van der Waals surface area contributed by atoms with Gasteiger partial charge in [-0.05, 0) is 12.1 Å². The molecule has 1 rings (SSSR count). The normalized spacial score (nSPS) is 9.12. The molecule has 1 aromatic rings. The van der Waals surface area contributed by atoms with Crippen LogP contribution in [-0.4, -0.2) is 25.2 Å². The Balaban J connectivity index is -0.000000563. The third kappa shape index (κ3) is 5.30. The van der Waals surface area contributed by atoms with Gasteiger partial charge in [0.15, 0.2) is 11.5 Å². The largest absolute Gasteiger partial charge is 1.00 e. The fraction of sp³-hybridized carbons (Fsp3) is 0.143. The average molecular weight is 296 g/mol. The molecule has 0 radical (unpaired) electrons. The van der Waals surface area contributed by atoms with Crippen LogP contribution in [0.25, 0.3) is 0 Å². The number of hydrogen-bond acceptors (Lipinski definition) is 5. The maximum Gasteiger partial charge on any atom is 1.00 e. The molecular weight excluding hydrogens is 285 g/mol. The van der Waals surface area contributed by atoms with E-state index in [4.69, 9.17) is 0 Å². The van der Waals surface area contributed by atoms with Crippen LogP contribution in [0, 0.1) is 0 Å². The van der Waals surface area contributed by atoms with Gasteiger partial charge in [-0.25, -0.2) is 8.42 Å². The van der Waals surface area contributed by atoms with E-state index in [-0.39, 0.29) is 75.7 Å². The van der Waals surface area contributed by atoms with E-state index in [9.17, 15) is 18.1 Å². The van der Waals surface area contributed by atoms with Crippen molar-refractivity contribution >= 4 is 10.1 Å². The van der Waals surface area contributed by atoms with Crippen molar-refractivity contribution in [3.05, 3.63) is 18.2 Å². The molecule has 0 aromatic heterocycles. The van der Waals surface area contributed by atoms with Gasteiger partial charge >= 0.3 is 51.4 Å². The predicted molar refractivity (Wildman–Crippen MR) is 48.6 cm³/mol. The molecule has 88 valence electrons. The monoisotopic (exact) mass is 295 g/mol. The Morgan fingerprint density at radius 1 is 1.38 bits per heavy atom. The van der Waals surface area contributed by atoms with Crippen molar-refractivity contribution in [1.29, 1.82) is 0 Å². The molecule has 5 N–H and O–H groups in total. The molecule has 9 heteroatoms. The summed E-state index contributed by atoms with van der Waals surface area (Å²) in [7, 11) is -3.39. The van der Waals surface area contributed by atoms with Crippen molar-refractivity contribution < 1.29 is 86.6 Å². The molecule has 16 heavy (non-hydrogen) atoms. The Kier molecular flexibility index (Phi) is 11.8. The molecular formula is C7H11ClKNO5S. The first-order valence-corrected chi connectivity index (χ1v) is 4.69. The Hall–Kier alpha value is 0.616. The summed E-state index contributed by atoms with van der Waals surface area (Å²) in [6.07, 6.45) is 0. The van der Waals surface area contributed by atoms with E-state index in [1.165, 1.54) is 19.2 Å². The van der Waals surface area contributed by atoms with Gasteiger partial charge in [0.05, 0.1) is 12.0 Å². The second-order valence-electron chi connectivity index (χ2n) is 2.26. The van der Waals surface area contributed by atoms with Crippen LogP contribution in [0.3, 0.4) is 0 Å². The number of benzene rings is 1. The Morgan fingerprint density at radius 2 is 1.88 bits per heavy atom. The fourth-order valence-electron chi connectivity index (χ4n) is 0.869. The van der Waals surface area contributed by atoms with Crippen LogP contribution in [0.1, 0.15) is 0 Å². The number of aromatic hydroxyl groups is 1. The minimum absolute atomic E-state index is 0. The number of para-hydroxylation sites is 1. The number of rotatable bonds is 2. The van der Waals surface area contributed by atoms with E-state index in [0.717, 1.165) is 6.07 Å². The van der Waals surface area contributed by atoms with Crippen LogP contribution in [-0.2, 0) is 10.1 Å². The molecule has 0 bridgehead atoms. The summed E-state index contributed by atoms with van der Waals surface area (Å²) in [4.78, 5) is -0.674. The molecule has 0 unspecified atom stereocenters. The van der Waals surface area contributed by atoms with Crippen molar-refractivity contribution in [2.75, 3.05) is 7.11 Å². The smallest absolute Gasteiger partial charge is 1.00 e. The number of phenolic OH excluding ortho intramolecular Hbond substituents is 1. The van der Waals surface area contributed by atoms with E-state index in [2.05, 4.69) is 4.74 Å². The van der Waals surface area contributed by atoms with Gasteiger partial charge in [-0.3, -0.25) is 0 Å². The van der Waals surface area contributed by atoms with E-state index in [1.54, 1.807) is 0 Å². The molecule has 0 saturated heterocycles. The summed E-state index contributed by atoms with van der Waals surface area (Å²) >= 11 is 0. The van der Waals surface area contributed by atoms with Crippen molar-refractivity contribution in [3.8, 4) is 11.5 Å². The molecule has 0 aliphatic carbocycles. The van der Waals surface area contributed by atoms with Gasteiger partial charge in [0.25, 0.3) is 0 Å². The van der Waals surface area contributed by atoms with Gasteiger partial charge in [0.1, 0.15) is 10.1 Å². The first-order chi connectivity index (χ1) is 5.96. The minimum atomic E-state index is -4.65. The van der Waals surface area contributed by atoms with Gasteiger partial charge in [-0.1, -0.05) is 6.07 Å². The third-order valence-electron chi connectivity index (χ3n) is 1.45. The summed E-state index contributed by atoms with van der Waals surface area (Å²) in [5.74, 6) is -0.697. The summed E-state index contributed by atoms with van der Waals surface area (Å²) in [6.45, 7) is 0. The maximum atomic E-state index is 10.6. The second kappa shape index (κ2) is 8.67. The van der Waals surface area contributed by atoms with Crippen LogP contribution < -0.4 is 74.7 Å². The maximum absolute atomic E-state index is 10.6. The van der Waals surface area contributed by atoms with Crippen molar-refractivity contribution in [3.63, 3.8) is 0 Å². The van der Waals surface area contributed by atoms with E-state index < -0.39 is 20.8 Å². The molecule has 0 aliphatic rings. The number of ether oxygens (including phenoxy) is 1. The summed E-state index contributed by atoms with van der Waals surface area (Å²) in [6, 6.07) is 3.67. The van der Waals surface area contributed by atoms with Gasteiger partial charge < -0.3 is 33.0 Å². The first-order valence-electron chi connectivity index (χ1n) is 3.28.